The van der Waals surface area contributed by atoms with E-state index in [1.807, 2.05) is 0 Å². The van der Waals surface area contributed by atoms with Crippen LogP contribution in [0.4, 0.5) is 5.13 Å². The summed E-state index contributed by atoms with van der Waals surface area (Å²) >= 11 is 7.50. The van der Waals surface area contributed by atoms with Crippen LogP contribution in [0.1, 0.15) is 19.3 Å². The third-order valence-corrected chi connectivity index (χ3v) is 3.48. The monoisotopic (exact) mass is 217 g/mol. The molecule has 13 heavy (non-hydrogen) atoms. The van der Waals surface area contributed by atoms with Gasteiger partial charge in [0.15, 0.2) is 0 Å². The van der Waals surface area contributed by atoms with Gasteiger partial charge in [0.25, 0.3) is 0 Å². The van der Waals surface area contributed by atoms with Crippen molar-refractivity contribution >= 4 is 28.1 Å². The minimum Gasteiger partial charge on any atom is -0.342 e. The van der Waals surface area contributed by atoms with Crippen LogP contribution in [0.25, 0.3) is 0 Å². The van der Waals surface area contributed by atoms with Gasteiger partial charge >= 0.3 is 0 Å². The van der Waals surface area contributed by atoms with Crippen LogP contribution in [0, 0.1) is 0 Å². The quantitative estimate of drug-likeness (QED) is 0.711. The van der Waals surface area contributed by atoms with E-state index in [1.165, 1.54) is 19.3 Å². The summed E-state index contributed by atoms with van der Waals surface area (Å²) in [5.74, 6) is 0.694. The second kappa shape index (κ2) is 4.24. The lowest BCUT2D eigenvalue weighted by atomic mass is 10.0. The summed E-state index contributed by atoms with van der Waals surface area (Å²) in [7, 11) is 0. The van der Waals surface area contributed by atoms with E-state index in [4.69, 9.17) is 11.6 Å². The number of rotatable bonds is 2. The molecule has 2 rings (SSSR count). The molecule has 1 aromatic rings. The average Bonchev–Trinajstić information content (AvgIpc) is 2.70. The van der Waals surface area contributed by atoms with Crippen LogP contribution < -0.4 is 4.90 Å². The maximum Gasteiger partial charge on any atom is 0.208 e. The van der Waals surface area contributed by atoms with E-state index in [9.17, 15) is 0 Å². The molecule has 1 aliphatic rings. The summed E-state index contributed by atoms with van der Waals surface area (Å²) in [6.07, 6.45) is 3.71. The molecular formula is C8H12ClN3S. The number of alkyl halides is 1. The van der Waals surface area contributed by atoms with Gasteiger partial charge in [-0.25, -0.2) is 0 Å². The molecular weight excluding hydrogens is 206 g/mol. The molecule has 5 heteroatoms. The van der Waals surface area contributed by atoms with Crippen molar-refractivity contribution in [1.29, 1.82) is 0 Å². The third kappa shape index (κ3) is 1.94. The topological polar surface area (TPSA) is 29.0 Å². The predicted molar refractivity (Wildman–Crippen MR) is 55.6 cm³/mol. The van der Waals surface area contributed by atoms with Gasteiger partial charge in [0.05, 0.1) is 0 Å². The standard InChI is InChI=1S/C8H12ClN3S/c9-5-7-3-1-2-4-12(7)8-11-10-6-13-8/h6-7H,1-5H2. The van der Waals surface area contributed by atoms with E-state index in [0.29, 0.717) is 11.9 Å². The third-order valence-electron chi connectivity index (χ3n) is 2.40. The van der Waals surface area contributed by atoms with Crippen molar-refractivity contribution in [3.63, 3.8) is 0 Å². The normalized spacial score (nSPS) is 23.5. The molecule has 0 radical (unpaired) electrons. The average molecular weight is 218 g/mol. The van der Waals surface area contributed by atoms with Crippen molar-refractivity contribution in [1.82, 2.24) is 10.2 Å². The summed E-state index contributed by atoms with van der Waals surface area (Å²) in [4.78, 5) is 2.29. The van der Waals surface area contributed by atoms with Crippen LogP contribution in [0.3, 0.4) is 0 Å². The van der Waals surface area contributed by atoms with Crippen molar-refractivity contribution in [3.8, 4) is 0 Å². The molecule has 1 aliphatic heterocycles. The Bertz CT molecular complexity index is 252. The van der Waals surface area contributed by atoms with E-state index in [2.05, 4.69) is 15.1 Å². The van der Waals surface area contributed by atoms with Crippen LogP contribution in [-0.2, 0) is 0 Å². The van der Waals surface area contributed by atoms with Crippen molar-refractivity contribution < 1.29 is 0 Å². The molecule has 1 unspecified atom stereocenters. The van der Waals surface area contributed by atoms with Crippen molar-refractivity contribution in [2.75, 3.05) is 17.3 Å². The highest BCUT2D eigenvalue weighted by molar-refractivity contribution is 7.13. The molecule has 1 fully saturated rings. The van der Waals surface area contributed by atoms with Crippen molar-refractivity contribution in [3.05, 3.63) is 5.51 Å². The van der Waals surface area contributed by atoms with Crippen LogP contribution in [0.15, 0.2) is 5.51 Å². The van der Waals surface area contributed by atoms with Gasteiger partial charge in [0.2, 0.25) is 5.13 Å². The molecule has 0 aliphatic carbocycles. The van der Waals surface area contributed by atoms with Crippen LogP contribution in [0.2, 0.25) is 0 Å². The minimum atomic E-state index is 0.461. The predicted octanol–water partition coefficient (Wildman–Crippen LogP) is 2.14. The molecule has 72 valence electrons. The SMILES string of the molecule is ClCC1CCCCN1c1nncs1. The Morgan fingerprint density at radius 1 is 1.62 bits per heavy atom. The highest BCUT2D eigenvalue weighted by atomic mass is 35.5. The minimum absolute atomic E-state index is 0.461. The highest BCUT2D eigenvalue weighted by Gasteiger charge is 2.23. The Morgan fingerprint density at radius 3 is 3.23 bits per heavy atom. The van der Waals surface area contributed by atoms with Crippen LogP contribution in [-0.4, -0.2) is 28.7 Å². The lowest BCUT2D eigenvalue weighted by Gasteiger charge is -2.33. The van der Waals surface area contributed by atoms with Gasteiger partial charge in [-0.2, -0.15) is 0 Å². The second-order valence-electron chi connectivity index (χ2n) is 3.22. The molecule has 0 amide bonds. The zero-order valence-electron chi connectivity index (χ0n) is 7.32. The summed E-state index contributed by atoms with van der Waals surface area (Å²) < 4.78 is 0. The number of aromatic nitrogens is 2. The van der Waals surface area contributed by atoms with E-state index in [-0.39, 0.29) is 0 Å². The van der Waals surface area contributed by atoms with Gasteiger partial charge in [-0.3, -0.25) is 0 Å². The zero-order chi connectivity index (χ0) is 9.10. The van der Waals surface area contributed by atoms with Crippen LogP contribution >= 0.6 is 22.9 Å². The summed E-state index contributed by atoms with van der Waals surface area (Å²) in [5.41, 5.74) is 1.77. The van der Waals surface area contributed by atoms with Gasteiger partial charge in [-0.1, -0.05) is 11.3 Å². The Balaban J connectivity index is 2.11. The molecule has 0 aromatic carbocycles. The molecule has 1 saturated heterocycles. The zero-order valence-corrected chi connectivity index (χ0v) is 8.89. The summed E-state index contributed by atoms with van der Waals surface area (Å²) in [6.45, 7) is 1.08. The van der Waals surface area contributed by atoms with E-state index >= 15 is 0 Å². The number of hydrogen-bond acceptors (Lipinski definition) is 4. The Labute approximate surface area is 86.7 Å². The first kappa shape index (κ1) is 9.21. The first-order valence-electron chi connectivity index (χ1n) is 4.50. The molecule has 3 nitrogen and oxygen atoms in total. The number of nitrogens with zero attached hydrogens (tertiary/aromatic N) is 3. The smallest absolute Gasteiger partial charge is 0.208 e. The lowest BCUT2D eigenvalue weighted by Crippen LogP contribution is -2.40. The molecule has 0 N–H and O–H groups in total. The van der Waals surface area contributed by atoms with Gasteiger partial charge in [-0.05, 0) is 19.3 Å². The number of anilines is 1. The molecule has 0 saturated carbocycles. The van der Waals surface area contributed by atoms with E-state index in [0.717, 1.165) is 11.7 Å². The van der Waals surface area contributed by atoms with Crippen LogP contribution in [0.5, 0.6) is 0 Å². The fraction of sp³-hybridized carbons (Fsp3) is 0.750. The molecule has 1 atom stereocenters. The number of piperidine rings is 1. The molecule has 0 bridgehead atoms. The second-order valence-corrected chi connectivity index (χ2v) is 4.34. The first-order valence-corrected chi connectivity index (χ1v) is 5.92. The van der Waals surface area contributed by atoms with E-state index < -0.39 is 0 Å². The van der Waals surface area contributed by atoms with Gasteiger partial charge in [-0.15, -0.1) is 21.8 Å². The lowest BCUT2D eigenvalue weighted by molar-refractivity contribution is 0.486. The Hall–Kier alpha value is -0.350. The number of halogens is 1. The van der Waals surface area contributed by atoms with Gasteiger partial charge in [0.1, 0.15) is 5.51 Å². The first-order chi connectivity index (χ1) is 6.42. The fourth-order valence-corrected chi connectivity index (χ4v) is 2.68. The Kier molecular flexibility index (Phi) is 3.01. The fourth-order valence-electron chi connectivity index (χ4n) is 1.71. The maximum atomic E-state index is 5.91. The van der Waals surface area contributed by atoms with Crippen molar-refractivity contribution in [2.45, 2.75) is 25.3 Å². The van der Waals surface area contributed by atoms with Crippen molar-refractivity contribution in [2.24, 2.45) is 0 Å². The Morgan fingerprint density at radius 2 is 2.54 bits per heavy atom. The van der Waals surface area contributed by atoms with Gasteiger partial charge in [0, 0.05) is 18.5 Å². The summed E-state index contributed by atoms with van der Waals surface area (Å²) in [6, 6.07) is 0.461. The number of hydrogen-bond donors (Lipinski definition) is 0. The van der Waals surface area contributed by atoms with E-state index in [1.54, 1.807) is 16.8 Å². The largest absolute Gasteiger partial charge is 0.342 e. The maximum absolute atomic E-state index is 5.91. The molecule has 0 spiro atoms. The summed E-state index contributed by atoms with van der Waals surface area (Å²) in [5, 5.41) is 8.94. The molecule has 1 aromatic heterocycles. The highest BCUT2D eigenvalue weighted by Crippen LogP contribution is 2.25. The molecule has 2 heterocycles. The van der Waals surface area contributed by atoms with Gasteiger partial charge < -0.3 is 4.90 Å².